The van der Waals surface area contributed by atoms with Gasteiger partial charge in [0.15, 0.2) is 0 Å². The topological polar surface area (TPSA) is 80.2 Å². The van der Waals surface area contributed by atoms with Crippen molar-refractivity contribution in [3.8, 4) is 0 Å². The first-order valence-corrected chi connectivity index (χ1v) is 8.37. The first-order valence-electron chi connectivity index (χ1n) is 7.96. The number of carbonyl (C=O) groups is 2. The molecule has 1 atom stereocenters. The molecule has 1 aromatic carbocycles. The van der Waals surface area contributed by atoms with Crippen LogP contribution in [0.2, 0.25) is 0 Å². The van der Waals surface area contributed by atoms with Gasteiger partial charge in [0.25, 0.3) is 0 Å². The van der Waals surface area contributed by atoms with Crippen LogP contribution in [0.4, 0.5) is 20.6 Å². The zero-order valence-corrected chi connectivity index (χ0v) is 15.6. The van der Waals surface area contributed by atoms with Gasteiger partial charge in [-0.3, -0.25) is 9.69 Å². The number of anilines is 2. The summed E-state index contributed by atoms with van der Waals surface area (Å²) in [7, 11) is 0. The van der Waals surface area contributed by atoms with Crippen molar-refractivity contribution in [2.75, 3.05) is 29.9 Å². The molecule has 9 heteroatoms. The summed E-state index contributed by atoms with van der Waals surface area (Å²) in [6.07, 6.45) is -1.03. The van der Waals surface area contributed by atoms with Gasteiger partial charge < -0.3 is 14.8 Å². The minimum Gasteiger partial charge on any atom is -0.459 e. The SMILES string of the molecule is CC(C)(C)OC(=O)CNc1ccc(N2C[C@@H](CN=C=S)OC2=O)cc1F. The summed E-state index contributed by atoms with van der Waals surface area (Å²) in [5, 5.41) is 4.89. The van der Waals surface area contributed by atoms with E-state index in [4.69, 9.17) is 9.47 Å². The monoisotopic (exact) mass is 381 g/mol. The number of carbonyl (C=O) groups excluding carboxylic acids is 2. The van der Waals surface area contributed by atoms with Gasteiger partial charge in [-0.2, -0.15) is 0 Å². The number of nitrogens with one attached hydrogen (secondary N) is 1. The molecule has 0 aromatic heterocycles. The fourth-order valence-corrected chi connectivity index (χ4v) is 2.40. The highest BCUT2D eigenvalue weighted by molar-refractivity contribution is 7.78. The van der Waals surface area contributed by atoms with Crippen molar-refractivity contribution in [2.24, 2.45) is 4.99 Å². The van der Waals surface area contributed by atoms with Crippen LogP contribution < -0.4 is 10.2 Å². The van der Waals surface area contributed by atoms with Crippen LogP contribution in [0.15, 0.2) is 23.2 Å². The Kier molecular flexibility index (Phi) is 6.28. The van der Waals surface area contributed by atoms with E-state index in [1.165, 1.54) is 17.0 Å². The van der Waals surface area contributed by atoms with E-state index in [2.05, 4.69) is 27.7 Å². The first kappa shape index (κ1) is 19.8. The Morgan fingerprint density at radius 3 is 2.88 bits per heavy atom. The number of halogens is 1. The fourth-order valence-electron chi connectivity index (χ4n) is 2.33. The molecule has 1 aromatic rings. The zero-order valence-electron chi connectivity index (χ0n) is 14.7. The molecule has 1 amide bonds. The predicted molar refractivity (Wildman–Crippen MR) is 98.2 cm³/mol. The standard InChI is InChI=1S/C17H20FN3O4S/c1-17(2,3)25-15(22)8-20-14-5-4-11(6-13(14)18)21-9-12(7-19-10-26)24-16(21)23/h4-6,12,20H,7-9H2,1-3H3/t12-/m1/s1. The third kappa shape index (κ3) is 5.50. The van der Waals surface area contributed by atoms with Crippen LogP contribution in [0.3, 0.4) is 0 Å². The molecule has 1 aliphatic rings. The summed E-state index contributed by atoms with van der Waals surface area (Å²) >= 11 is 4.48. The van der Waals surface area contributed by atoms with E-state index in [-0.39, 0.29) is 25.3 Å². The van der Waals surface area contributed by atoms with E-state index in [9.17, 15) is 14.0 Å². The number of hydrogen-bond donors (Lipinski definition) is 1. The van der Waals surface area contributed by atoms with Crippen LogP contribution in [-0.4, -0.2) is 48.6 Å². The van der Waals surface area contributed by atoms with E-state index in [1.807, 2.05) is 0 Å². The number of benzene rings is 1. The van der Waals surface area contributed by atoms with Crippen molar-refractivity contribution < 1.29 is 23.5 Å². The van der Waals surface area contributed by atoms with Gasteiger partial charge in [0.1, 0.15) is 24.1 Å². The lowest BCUT2D eigenvalue weighted by Gasteiger charge is -2.20. The molecule has 1 aliphatic heterocycles. The lowest BCUT2D eigenvalue weighted by Crippen LogP contribution is -2.28. The molecule has 0 bridgehead atoms. The van der Waals surface area contributed by atoms with Crippen molar-refractivity contribution in [1.29, 1.82) is 0 Å². The van der Waals surface area contributed by atoms with E-state index < -0.39 is 29.6 Å². The zero-order chi connectivity index (χ0) is 19.3. The van der Waals surface area contributed by atoms with Gasteiger partial charge in [-0.15, -0.1) is 0 Å². The molecule has 1 fully saturated rings. The van der Waals surface area contributed by atoms with Crippen molar-refractivity contribution >= 4 is 40.8 Å². The van der Waals surface area contributed by atoms with Gasteiger partial charge in [-0.1, -0.05) is 0 Å². The van der Waals surface area contributed by atoms with E-state index in [0.29, 0.717) is 5.69 Å². The number of hydrogen-bond acceptors (Lipinski definition) is 7. The fraction of sp³-hybridized carbons (Fsp3) is 0.471. The summed E-state index contributed by atoms with van der Waals surface area (Å²) in [5.74, 6) is -1.09. The van der Waals surface area contributed by atoms with Gasteiger partial charge in [0.05, 0.1) is 29.6 Å². The Labute approximate surface area is 156 Å². The number of nitrogens with zero attached hydrogens (tertiary/aromatic N) is 2. The molecular formula is C17H20FN3O4S. The number of aliphatic imine (C=N–C) groups is 1. The molecule has 26 heavy (non-hydrogen) atoms. The molecule has 1 N–H and O–H groups in total. The molecule has 7 nitrogen and oxygen atoms in total. The lowest BCUT2D eigenvalue weighted by atomic mass is 10.2. The maximum Gasteiger partial charge on any atom is 0.414 e. The third-order valence-electron chi connectivity index (χ3n) is 3.34. The quantitative estimate of drug-likeness (QED) is 0.464. The number of thiocarbonyl (C=S) groups is 1. The van der Waals surface area contributed by atoms with Crippen LogP contribution in [-0.2, 0) is 14.3 Å². The average molecular weight is 381 g/mol. The summed E-state index contributed by atoms with van der Waals surface area (Å²) in [6, 6.07) is 4.21. The number of cyclic esters (lactones) is 1. The molecule has 1 heterocycles. The largest absolute Gasteiger partial charge is 0.459 e. The second-order valence-corrected chi connectivity index (χ2v) is 6.84. The van der Waals surface area contributed by atoms with E-state index in [0.717, 1.165) is 0 Å². The third-order valence-corrected chi connectivity index (χ3v) is 3.47. The maximum absolute atomic E-state index is 14.3. The van der Waals surface area contributed by atoms with Gasteiger partial charge in [-0.25, -0.2) is 14.2 Å². The highest BCUT2D eigenvalue weighted by Gasteiger charge is 2.32. The molecular weight excluding hydrogens is 361 g/mol. The predicted octanol–water partition coefficient (Wildman–Crippen LogP) is 3.01. The number of amides is 1. The van der Waals surface area contributed by atoms with Gasteiger partial charge >= 0.3 is 12.1 Å². The van der Waals surface area contributed by atoms with Crippen molar-refractivity contribution in [3.05, 3.63) is 24.0 Å². The van der Waals surface area contributed by atoms with Crippen LogP contribution >= 0.6 is 12.2 Å². The van der Waals surface area contributed by atoms with Gasteiger partial charge in [0, 0.05) is 0 Å². The number of ether oxygens (including phenoxy) is 2. The number of rotatable bonds is 6. The van der Waals surface area contributed by atoms with Crippen LogP contribution in [0.25, 0.3) is 0 Å². The van der Waals surface area contributed by atoms with Gasteiger partial charge in [0.2, 0.25) is 0 Å². The van der Waals surface area contributed by atoms with Crippen molar-refractivity contribution in [1.82, 2.24) is 0 Å². The average Bonchev–Trinajstić information content (AvgIpc) is 2.91. The molecule has 0 saturated carbocycles. The molecule has 2 rings (SSSR count). The Morgan fingerprint density at radius 1 is 1.54 bits per heavy atom. The van der Waals surface area contributed by atoms with Crippen LogP contribution in [0, 0.1) is 5.82 Å². The Balaban J connectivity index is 2.00. The number of isothiocyanates is 1. The van der Waals surface area contributed by atoms with Gasteiger partial charge in [-0.05, 0) is 51.2 Å². The maximum atomic E-state index is 14.3. The minimum absolute atomic E-state index is 0.133. The number of esters is 1. The van der Waals surface area contributed by atoms with Crippen LogP contribution in [0.5, 0.6) is 0 Å². The summed E-state index contributed by atoms with van der Waals surface area (Å²) in [5.41, 5.74) is -0.126. The smallest absolute Gasteiger partial charge is 0.414 e. The molecule has 1 saturated heterocycles. The summed E-state index contributed by atoms with van der Waals surface area (Å²) in [4.78, 5) is 28.7. The molecule has 140 valence electrons. The van der Waals surface area contributed by atoms with Crippen molar-refractivity contribution in [3.63, 3.8) is 0 Å². The highest BCUT2D eigenvalue weighted by Crippen LogP contribution is 2.26. The summed E-state index contributed by atoms with van der Waals surface area (Å²) < 4.78 is 24.6. The highest BCUT2D eigenvalue weighted by atomic mass is 32.1. The van der Waals surface area contributed by atoms with E-state index in [1.54, 1.807) is 26.8 Å². The van der Waals surface area contributed by atoms with Crippen LogP contribution in [0.1, 0.15) is 20.8 Å². The second-order valence-electron chi connectivity index (χ2n) is 6.65. The Morgan fingerprint density at radius 2 is 2.27 bits per heavy atom. The molecule has 0 unspecified atom stereocenters. The minimum atomic E-state index is -0.610. The Hall–Kier alpha value is -2.51. The Bertz CT molecular complexity index is 744. The molecule has 0 radical (unpaired) electrons. The normalized spacial score (nSPS) is 16.7. The summed E-state index contributed by atoms with van der Waals surface area (Å²) in [6.45, 7) is 5.53. The van der Waals surface area contributed by atoms with Crippen molar-refractivity contribution in [2.45, 2.75) is 32.5 Å². The second kappa shape index (κ2) is 8.25. The van der Waals surface area contributed by atoms with E-state index >= 15 is 0 Å². The molecule has 0 spiro atoms. The molecule has 0 aliphatic carbocycles. The first-order chi connectivity index (χ1) is 12.2. The lowest BCUT2D eigenvalue weighted by molar-refractivity contribution is -0.152.